The molecule has 17 heavy (non-hydrogen) atoms. The number of piperidine rings is 1. The van der Waals surface area contributed by atoms with E-state index < -0.39 is 0 Å². The number of hydrogen-bond acceptors (Lipinski definition) is 3. The zero-order valence-electron chi connectivity index (χ0n) is 10.8. The minimum atomic E-state index is 0.544. The van der Waals surface area contributed by atoms with Gasteiger partial charge >= 0.3 is 0 Å². The summed E-state index contributed by atoms with van der Waals surface area (Å²) in [4.78, 5) is 10.9. The van der Waals surface area contributed by atoms with Crippen molar-refractivity contribution in [3.8, 4) is 0 Å². The lowest BCUT2D eigenvalue weighted by Crippen LogP contribution is -2.42. The SMILES string of the molecule is CCc1c(Cl)ncnc1N1CC(C)CCC1C. The second kappa shape index (κ2) is 5.21. The number of aromatic nitrogens is 2. The van der Waals surface area contributed by atoms with Crippen molar-refractivity contribution >= 4 is 17.4 Å². The van der Waals surface area contributed by atoms with Crippen molar-refractivity contribution in [2.75, 3.05) is 11.4 Å². The molecule has 2 rings (SSSR count). The van der Waals surface area contributed by atoms with Gasteiger partial charge in [0.1, 0.15) is 17.3 Å². The lowest BCUT2D eigenvalue weighted by molar-refractivity contribution is 0.387. The fraction of sp³-hybridized carbons (Fsp3) is 0.692. The molecule has 1 aromatic rings. The van der Waals surface area contributed by atoms with Gasteiger partial charge in [0.2, 0.25) is 0 Å². The van der Waals surface area contributed by atoms with Crippen LogP contribution in [-0.2, 0) is 6.42 Å². The van der Waals surface area contributed by atoms with E-state index in [-0.39, 0.29) is 0 Å². The summed E-state index contributed by atoms with van der Waals surface area (Å²) in [6.45, 7) is 7.74. The first-order valence-corrected chi connectivity index (χ1v) is 6.77. The van der Waals surface area contributed by atoms with Gasteiger partial charge in [-0.05, 0) is 32.1 Å². The van der Waals surface area contributed by atoms with E-state index in [4.69, 9.17) is 11.6 Å². The van der Waals surface area contributed by atoms with Crippen molar-refractivity contribution in [2.45, 2.75) is 46.1 Å². The molecule has 3 nitrogen and oxygen atoms in total. The normalized spacial score (nSPS) is 25.1. The maximum Gasteiger partial charge on any atom is 0.137 e. The third kappa shape index (κ3) is 2.54. The summed E-state index contributed by atoms with van der Waals surface area (Å²) in [5.41, 5.74) is 1.08. The molecular weight excluding hydrogens is 234 g/mol. The van der Waals surface area contributed by atoms with Gasteiger partial charge in [0.25, 0.3) is 0 Å². The molecule has 0 aromatic carbocycles. The molecule has 1 fully saturated rings. The zero-order valence-corrected chi connectivity index (χ0v) is 11.5. The number of hydrogen-bond donors (Lipinski definition) is 0. The summed E-state index contributed by atoms with van der Waals surface area (Å²) < 4.78 is 0. The minimum absolute atomic E-state index is 0.544. The molecule has 2 heterocycles. The molecule has 1 aromatic heterocycles. The number of nitrogens with zero attached hydrogens (tertiary/aromatic N) is 3. The molecule has 2 unspecified atom stereocenters. The van der Waals surface area contributed by atoms with Crippen LogP contribution in [0.3, 0.4) is 0 Å². The van der Waals surface area contributed by atoms with Gasteiger partial charge in [0.15, 0.2) is 0 Å². The Kier molecular flexibility index (Phi) is 3.87. The third-order valence-electron chi connectivity index (χ3n) is 3.61. The Morgan fingerprint density at radius 1 is 1.35 bits per heavy atom. The van der Waals surface area contributed by atoms with Crippen LogP contribution in [0.5, 0.6) is 0 Å². The first-order valence-electron chi connectivity index (χ1n) is 6.39. The molecule has 0 amide bonds. The van der Waals surface area contributed by atoms with Gasteiger partial charge in [0, 0.05) is 18.2 Å². The molecule has 0 radical (unpaired) electrons. The van der Waals surface area contributed by atoms with E-state index in [1.165, 1.54) is 12.8 Å². The van der Waals surface area contributed by atoms with Crippen molar-refractivity contribution in [2.24, 2.45) is 5.92 Å². The number of halogens is 1. The highest BCUT2D eigenvalue weighted by Gasteiger charge is 2.26. The standard InChI is InChI=1S/C13H20ClN3/c1-4-11-12(14)15-8-16-13(11)17-7-9(2)5-6-10(17)3/h8-10H,4-7H2,1-3H3. The highest BCUT2D eigenvalue weighted by molar-refractivity contribution is 6.30. The Morgan fingerprint density at radius 2 is 2.12 bits per heavy atom. The van der Waals surface area contributed by atoms with Gasteiger partial charge in [-0.1, -0.05) is 25.4 Å². The lowest BCUT2D eigenvalue weighted by atomic mass is 9.94. The van der Waals surface area contributed by atoms with Crippen LogP contribution in [0.15, 0.2) is 6.33 Å². The molecule has 0 N–H and O–H groups in total. The highest BCUT2D eigenvalue weighted by atomic mass is 35.5. The summed E-state index contributed by atoms with van der Waals surface area (Å²) in [6, 6.07) is 0.544. The Morgan fingerprint density at radius 3 is 2.82 bits per heavy atom. The molecule has 1 aliphatic rings. The summed E-state index contributed by atoms with van der Waals surface area (Å²) in [6.07, 6.45) is 4.99. The molecule has 0 saturated carbocycles. The van der Waals surface area contributed by atoms with Crippen LogP contribution in [-0.4, -0.2) is 22.6 Å². The van der Waals surface area contributed by atoms with Crippen molar-refractivity contribution in [3.05, 3.63) is 17.0 Å². The van der Waals surface area contributed by atoms with Gasteiger partial charge in [-0.3, -0.25) is 0 Å². The Hall–Kier alpha value is -0.830. The maximum absolute atomic E-state index is 6.16. The van der Waals surface area contributed by atoms with Crippen LogP contribution < -0.4 is 4.90 Å². The van der Waals surface area contributed by atoms with Crippen LogP contribution in [0.4, 0.5) is 5.82 Å². The van der Waals surface area contributed by atoms with E-state index in [2.05, 4.69) is 35.6 Å². The second-order valence-electron chi connectivity index (χ2n) is 5.00. The fourth-order valence-electron chi connectivity index (χ4n) is 2.52. The van der Waals surface area contributed by atoms with Gasteiger partial charge in [-0.2, -0.15) is 0 Å². The van der Waals surface area contributed by atoms with Crippen LogP contribution in [0.1, 0.15) is 39.2 Å². The Labute approximate surface area is 108 Å². The quantitative estimate of drug-likeness (QED) is 0.758. The van der Waals surface area contributed by atoms with E-state index in [1.807, 2.05) is 0 Å². The van der Waals surface area contributed by atoms with Crippen LogP contribution >= 0.6 is 11.6 Å². The molecule has 1 aliphatic heterocycles. The first-order chi connectivity index (χ1) is 8.13. The smallest absolute Gasteiger partial charge is 0.137 e. The molecule has 0 aliphatic carbocycles. The predicted octanol–water partition coefficient (Wildman–Crippen LogP) is 3.32. The van der Waals surface area contributed by atoms with Gasteiger partial charge < -0.3 is 4.90 Å². The molecule has 0 spiro atoms. The minimum Gasteiger partial charge on any atom is -0.353 e. The van der Waals surface area contributed by atoms with Crippen molar-refractivity contribution in [1.82, 2.24) is 9.97 Å². The molecule has 1 saturated heterocycles. The topological polar surface area (TPSA) is 29.0 Å². The van der Waals surface area contributed by atoms with E-state index in [9.17, 15) is 0 Å². The summed E-state index contributed by atoms with van der Waals surface area (Å²) in [5, 5.41) is 0.600. The van der Waals surface area contributed by atoms with Crippen LogP contribution in [0, 0.1) is 5.92 Å². The van der Waals surface area contributed by atoms with E-state index in [0.717, 1.165) is 30.3 Å². The van der Waals surface area contributed by atoms with Crippen molar-refractivity contribution in [3.63, 3.8) is 0 Å². The number of anilines is 1. The first kappa shape index (κ1) is 12.6. The second-order valence-corrected chi connectivity index (χ2v) is 5.36. The molecule has 94 valence electrons. The van der Waals surface area contributed by atoms with Gasteiger partial charge in [-0.15, -0.1) is 0 Å². The molecule has 0 bridgehead atoms. The van der Waals surface area contributed by atoms with E-state index >= 15 is 0 Å². The van der Waals surface area contributed by atoms with Gasteiger partial charge in [-0.25, -0.2) is 9.97 Å². The average Bonchev–Trinajstić information content (AvgIpc) is 2.32. The Balaban J connectivity index is 2.35. The third-order valence-corrected chi connectivity index (χ3v) is 3.94. The predicted molar refractivity (Wildman–Crippen MR) is 71.6 cm³/mol. The highest BCUT2D eigenvalue weighted by Crippen LogP contribution is 2.30. The van der Waals surface area contributed by atoms with E-state index in [0.29, 0.717) is 11.2 Å². The average molecular weight is 254 g/mol. The monoisotopic (exact) mass is 253 g/mol. The largest absolute Gasteiger partial charge is 0.353 e. The van der Waals surface area contributed by atoms with Crippen molar-refractivity contribution in [1.29, 1.82) is 0 Å². The summed E-state index contributed by atoms with van der Waals surface area (Å²) >= 11 is 6.16. The van der Waals surface area contributed by atoms with Gasteiger partial charge in [0.05, 0.1) is 0 Å². The van der Waals surface area contributed by atoms with E-state index in [1.54, 1.807) is 6.33 Å². The summed E-state index contributed by atoms with van der Waals surface area (Å²) in [5.74, 6) is 1.76. The zero-order chi connectivity index (χ0) is 12.4. The maximum atomic E-state index is 6.16. The number of rotatable bonds is 2. The van der Waals surface area contributed by atoms with Crippen LogP contribution in [0.2, 0.25) is 5.15 Å². The molecule has 4 heteroatoms. The van der Waals surface area contributed by atoms with Crippen LogP contribution in [0.25, 0.3) is 0 Å². The Bertz CT molecular complexity index is 394. The lowest BCUT2D eigenvalue weighted by Gasteiger charge is -2.38. The molecule has 2 atom stereocenters. The molecular formula is C13H20ClN3. The summed E-state index contributed by atoms with van der Waals surface area (Å²) in [7, 11) is 0. The fourth-order valence-corrected chi connectivity index (χ4v) is 2.78. The van der Waals surface area contributed by atoms with Crippen molar-refractivity contribution < 1.29 is 0 Å².